The van der Waals surface area contributed by atoms with Crippen molar-refractivity contribution >= 4 is 0 Å². The average molecular weight is 276 g/mol. The minimum atomic E-state index is -0.811. The third kappa shape index (κ3) is 3.56. The van der Waals surface area contributed by atoms with E-state index < -0.39 is 11.9 Å². The molecule has 0 unspecified atom stereocenters. The summed E-state index contributed by atoms with van der Waals surface area (Å²) in [5.41, 5.74) is 1.42. The molecule has 0 fully saturated rings. The average Bonchev–Trinajstić information content (AvgIpc) is 2.43. The topological polar surface area (TPSA) is 49.7 Å². The van der Waals surface area contributed by atoms with Gasteiger partial charge >= 0.3 is 0 Å². The molecule has 0 saturated carbocycles. The van der Waals surface area contributed by atoms with Crippen LogP contribution < -0.4 is 4.74 Å². The van der Waals surface area contributed by atoms with Crippen LogP contribution in [0.3, 0.4) is 0 Å². The summed E-state index contributed by atoms with van der Waals surface area (Å²) in [4.78, 5) is 0. The lowest BCUT2D eigenvalue weighted by atomic mass is 10.1. The lowest BCUT2D eigenvalue weighted by Gasteiger charge is -2.13. The smallest absolute Gasteiger partial charge is 0.133 e. The second-order valence-electron chi connectivity index (χ2n) is 4.58. The first-order chi connectivity index (χ1) is 9.60. The fourth-order valence-electron chi connectivity index (χ4n) is 1.92. The van der Waals surface area contributed by atoms with Gasteiger partial charge in [-0.2, -0.15) is 0 Å². The van der Waals surface area contributed by atoms with Crippen LogP contribution >= 0.6 is 0 Å². The second-order valence-corrected chi connectivity index (χ2v) is 4.58. The van der Waals surface area contributed by atoms with Crippen LogP contribution in [0.2, 0.25) is 0 Å². The third-order valence-electron chi connectivity index (χ3n) is 2.97. The van der Waals surface area contributed by atoms with E-state index in [1.54, 1.807) is 19.1 Å². The Kier molecular flexibility index (Phi) is 4.71. The van der Waals surface area contributed by atoms with Crippen molar-refractivity contribution in [2.45, 2.75) is 19.4 Å². The summed E-state index contributed by atoms with van der Waals surface area (Å²) in [6.45, 7) is 1.66. The van der Waals surface area contributed by atoms with E-state index in [1.807, 2.05) is 12.1 Å². The minimum Gasteiger partial charge on any atom is -0.457 e. The molecule has 0 aliphatic heterocycles. The molecule has 0 aromatic heterocycles. The first-order valence-electron chi connectivity index (χ1n) is 6.45. The van der Waals surface area contributed by atoms with E-state index >= 15 is 0 Å². The summed E-state index contributed by atoms with van der Waals surface area (Å²) in [5.74, 6) is 0.614. The summed E-state index contributed by atoms with van der Waals surface area (Å²) in [7, 11) is 0. The van der Waals surface area contributed by atoms with Crippen LogP contribution in [-0.2, 0) is 6.42 Å². The van der Waals surface area contributed by atoms with E-state index in [-0.39, 0.29) is 6.61 Å². The molecular weight excluding hydrogens is 259 g/mol. The Balaban J connectivity index is 2.21. The van der Waals surface area contributed by atoms with Crippen molar-refractivity contribution in [3.63, 3.8) is 0 Å². The number of aliphatic hydroxyl groups is 2. The summed E-state index contributed by atoms with van der Waals surface area (Å²) >= 11 is 0. The summed E-state index contributed by atoms with van der Waals surface area (Å²) < 4.78 is 18.9. The van der Waals surface area contributed by atoms with Crippen LogP contribution in [0.5, 0.6) is 11.5 Å². The highest BCUT2D eigenvalue weighted by Crippen LogP contribution is 2.30. The number of aliphatic hydroxyl groups excluding tert-OH is 2. The van der Waals surface area contributed by atoms with Crippen LogP contribution in [-0.4, -0.2) is 16.8 Å². The van der Waals surface area contributed by atoms with Crippen LogP contribution in [0.25, 0.3) is 0 Å². The van der Waals surface area contributed by atoms with Gasteiger partial charge in [0.1, 0.15) is 17.3 Å². The molecule has 0 radical (unpaired) electrons. The Hall–Kier alpha value is -1.91. The van der Waals surface area contributed by atoms with Gasteiger partial charge in [-0.25, -0.2) is 4.39 Å². The molecule has 4 heteroatoms. The van der Waals surface area contributed by atoms with Crippen LogP contribution in [0.4, 0.5) is 4.39 Å². The number of ether oxygens (including phenoxy) is 1. The van der Waals surface area contributed by atoms with E-state index in [9.17, 15) is 9.50 Å². The van der Waals surface area contributed by atoms with E-state index in [2.05, 4.69) is 0 Å². The van der Waals surface area contributed by atoms with Crippen molar-refractivity contribution in [2.75, 3.05) is 6.61 Å². The molecule has 0 bridgehead atoms. The molecule has 0 aliphatic rings. The Bertz CT molecular complexity index is 564. The Morgan fingerprint density at radius 2 is 1.85 bits per heavy atom. The summed E-state index contributed by atoms with van der Waals surface area (Å²) in [6, 6.07) is 11.3. The van der Waals surface area contributed by atoms with Crippen LogP contribution in [0.15, 0.2) is 42.5 Å². The zero-order valence-corrected chi connectivity index (χ0v) is 11.2. The van der Waals surface area contributed by atoms with Gasteiger partial charge in [0.15, 0.2) is 0 Å². The van der Waals surface area contributed by atoms with Crippen molar-refractivity contribution in [3.05, 3.63) is 59.4 Å². The summed E-state index contributed by atoms with van der Waals surface area (Å²) in [5, 5.41) is 18.5. The van der Waals surface area contributed by atoms with Crippen LogP contribution in [0, 0.1) is 5.82 Å². The number of halogens is 1. The molecule has 0 spiro atoms. The molecule has 0 saturated heterocycles. The Morgan fingerprint density at radius 1 is 1.15 bits per heavy atom. The molecule has 0 heterocycles. The number of rotatable bonds is 5. The lowest BCUT2D eigenvalue weighted by Crippen LogP contribution is -1.97. The highest BCUT2D eigenvalue weighted by molar-refractivity contribution is 5.40. The van der Waals surface area contributed by atoms with Gasteiger partial charge in [-0.3, -0.25) is 0 Å². The van der Waals surface area contributed by atoms with E-state index in [0.717, 1.165) is 5.56 Å². The van der Waals surface area contributed by atoms with Gasteiger partial charge in [-0.15, -0.1) is 0 Å². The third-order valence-corrected chi connectivity index (χ3v) is 2.97. The molecule has 0 aliphatic carbocycles. The zero-order chi connectivity index (χ0) is 14.5. The molecule has 2 N–H and O–H groups in total. The molecular formula is C16H17FO3. The van der Waals surface area contributed by atoms with Crippen molar-refractivity contribution in [1.29, 1.82) is 0 Å². The minimum absolute atomic E-state index is 0.102. The van der Waals surface area contributed by atoms with E-state index in [4.69, 9.17) is 9.84 Å². The zero-order valence-electron chi connectivity index (χ0n) is 11.2. The summed E-state index contributed by atoms with van der Waals surface area (Å²) in [6.07, 6.45) is -0.218. The highest BCUT2D eigenvalue weighted by atomic mass is 19.1. The Labute approximate surface area is 117 Å². The maximum atomic E-state index is 13.2. The molecule has 2 rings (SSSR count). The predicted octanol–water partition coefficient (Wildman–Crippen LogP) is 3.21. The number of hydrogen-bond donors (Lipinski definition) is 2. The highest BCUT2D eigenvalue weighted by Gasteiger charge is 2.11. The van der Waals surface area contributed by atoms with Crippen molar-refractivity contribution in [3.8, 4) is 11.5 Å². The van der Waals surface area contributed by atoms with Gasteiger partial charge in [-0.05, 0) is 49.2 Å². The van der Waals surface area contributed by atoms with E-state index in [1.165, 1.54) is 18.2 Å². The molecule has 1 atom stereocenters. The van der Waals surface area contributed by atoms with Crippen molar-refractivity contribution in [1.82, 2.24) is 0 Å². The Morgan fingerprint density at radius 3 is 2.45 bits per heavy atom. The fraction of sp³-hybridized carbons (Fsp3) is 0.250. The molecule has 2 aromatic rings. The van der Waals surface area contributed by atoms with Gasteiger partial charge in [-0.1, -0.05) is 12.1 Å². The molecule has 106 valence electrons. The van der Waals surface area contributed by atoms with E-state index in [0.29, 0.717) is 23.5 Å². The molecule has 3 nitrogen and oxygen atoms in total. The van der Waals surface area contributed by atoms with Gasteiger partial charge in [0.25, 0.3) is 0 Å². The maximum Gasteiger partial charge on any atom is 0.133 e. The van der Waals surface area contributed by atoms with Gasteiger partial charge < -0.3 is 14.9 Å². The van der Waals surface area contributed by atoms with Gasteiger partial charge in [0.2, 0.25) is 0 Å². The van der Waals surface area contributed by atoms with Crippen LogP contribution in [0.1, 0.15) is 24.2 Å². The van der Waals surface area contributed by atoms with Crippen molar-refractivity contribution in [2.24, 2.45) is 0 Å². The second kappa shape index (κ2) is 6.50. The molecule has 2 aromatic carbocycles. The SMILES string of the molecule is C[C@@H](O)c1cc(F)ccc1Oc1ccc(CCO)cc1. The number of benzene rings is 2. The van der Waals surface area contributed by atoms with Gasteiger partial charge in [0, 0.05) is 12.2 Å². The first kappa shape index (κ1) is 14.5. The molecule has 20 heavy (non-hydrogen) atoms. The molecule has 0 amide bonds. The normalized spacial score (nSPS) is 12.2. The first-order valence-corrected chi connectivity index (χ1v) is 6.45. The maximum absolute atomic E-state index is 13.2. The monoisotopic (exact) mass is 276 g/mol. The quantitative estimate of drug-likeness (QED) is 0.881. The fourth-order valence-corrected chi connectivity index (χ4v) is 1.92. The standard InChI is InChI=1S/C16H17FO3/c1-11(19)15-10-13(17)4-7-16(15)20-14-5-2-12(3-6-14)8-9-18/h2-7,10-11,18-19H,8-9H2,1H3/t11-/m1/s1. The van der Waals surface area contributed by atoms with Crippen molar-refractivity contribution < 1.29 is 19.3 Å². The predicted molar refractivity (Wildman–Crippen MR) is 74.3 cm³/mol. The van der Waals surface area contributed by atoms with Gasteiger partial charge in [0.05, 0.1) is 6.10 Å². The largest absolute Gasteiger partial charge is 0.457 e. The number of hydrogen-bond acceptors (Lipinski definition) is 3. The lowest BCUT2D eigenvalue weighted by molar-refractivity contribution is 0.195.